The average molecular weight is 297 g/mol. The van der Waals surface area contributed by atoms with Crippen molar-refractivity contribution in [2.24, 2.45) is 0 Å². The maximum atomic E-state index is 11.1. The Morgan fingerprint density at radius 3 is 2.48 bits per heavy atom. The van der Waals surface area contributed by atoms with Crippen molar-refractivity contribution in [1.82, 2.24) is 14.7 Å². The van der Waals surface area contributed by atoms with Crippen molar-refractivity contribution < 1.29 is 9.90 Å². The summed E-state index contributed by atoms with van der Waals surface area (Å²) in [6.07, 6.45) is 5.12. The second-order valence-corrected chi connectivity index (χ2v) is 6.51. The second-order valence-electron chi connectivity index (χ2n) is 6.51. The molecule has 5 nitrogen and oxygen atoms in total. The quantitative estimate of drug-likeness (QED) is 0.830. The van der Waals surface area contributed by atoms with Gasteiger partial charge in [0.15, 0.2) is 0 Å². The van der Waals surface area contributed by atoms with Gasteiger partial charge in [0.1, 0.15) is 6.04 Å². The van der Waals surface area contributed by atoms with E-state index in [9.17, 15) is 4.79 Å². The van der Waals surface area contributed by atoms with Crippen LogP contribution in [-0.4, -0.2) is 83.7 Å². The molecule has 5 heteroatoms. The van der Waals surface area contributed by atoms with Gasteiger partial charge in [-0.25, -0.2) is 0 Å². The predicted molar refractivity (Wildman–Crippen MR) is 84.6 cm³/mol. The van der Waals surface area contributed by atoms with Gasteiger partial charge in [-0.2, -0.15) is 0 Å². The highest BCUT2D eigenvalue weighted by molar-refractivity contribution is 5.72. The first-order valence-corrected chi connectivity index (χ1v) is 8.55. The zero-order valence-electron chi connectivity index (χ0n) is 13.6. The van der Waals surface area contributed by atoms with E-state index in [4.69, 9.17) is 5.11 Å². The SMILES string of the molecule is CCCN1CCCC(N2CCN(C(C)C(=O)O)CC2)CC1. The first-order chi connectivity index (χ1) is 10.1. The number of aliphatic carboxylic acids is 1. The third-order valence-corrected chi connectivity index (χ3v) is 5.10. The van der Waals surface area contributed by atoms with Crippen LogP contribution in [0.25, 0.3) is 0 Å². The van der Waals surface area contributed by atoms with Crippen LogP contribution in [0.4, 0.5) is 0 Å². The summed E-state index contributed by atoms with van der Waals surface area (Å²) in [6, 6.07) is 0.357. The maximum Gasteiger partial charge on any atom is 0.320 e. The fraction of sp³-hybridized carbons (Fsp3) is 0.938. The normalized spacial score (nSPS) is 28.2. The minimum atomic E-state index is -0.701. The Morgan fingerprint density at radius 2 is 1.86 bits per heavy atom. The van der Waals surface area contributed by atoms with Gasteiger partial charge in [-0.15, -0.1) is 0 Å². The summed E-state index contributed by atoms with van der Waals surface area (Å²) in [5, 5.41) is 9.10. The zero-order valence-corrected chi connectivity index (χ0v) is 13.6. The van der Waals surface area contributed by atoms with Crippen LogP contribution < -0.4 is 0 Å². The third kappa shape index (κ3) is 4.66. The van der Waals surface area contributed by atoms with E-state index < -0.39 is 5.97 Å². The summed E-state index contributed by atoms with van der Waals surface area (Å²) in [5.41, 5.74) is 0. The first kappa shape index (κ1) is 16.7. The summed E-state index contributed by atoms with van der Waals surface area (Å²) in [7, 11) is 0. The Kier molecular flexibility index (Phi) is 6.45. The smallest absolute Gasteiger partial charge is 0.320 e. The van der Waals surface area contributed by atoms with Gasteiger partial charge >= 0.3 is 5.97 Å². The van der Waals surface area contributed by atoms with Crippen molar-refractivity contribution in [3.8, 4) is 0 Å². The van der Waals surface area contributed by atoms with Crippen LogP contribution in [0.3, 0.4) is 0 Å². The molecule has 2 heterocycles. The van der Waals surface area contributed by atoms with Crippen LogP contribution in [0.1, 0.15) is 39.5 Å². The summed E-state index contributed by atoms with van der Waals surface area (Å²) in [5.74, 6) is -0.701. The molecule has 2 fully saturated rings. The van der Waals surface area contributed by atoms with Crippen molar-refractivity contribution >= 4 is 5.97 Å². The molecule has 2 aliphatic heterocycles. The van der Waals surface area contributed by atoms with Gasteiger partial charge in [0.2, 0.25) is 0 Å². The Hall–Kier alpha value is -0.650. The molecule has 0 amide bonds. The lowest BCUT2D eigenvalue weighted by Crippen LogP contribution is -2.54. The molecule has 0 bridgehead atoms. The molecule has 2 rings (SSSR count). The molecular formula is C16H31N3O2. The lowest BCUT2D eigenvalue weighted by Gasteiger charge is -2.40. The van der Waals surface area contributed by atoms with Gasteiger partial charge in [0.05, 0.1) is 0 Å². The molecular weight excluding hydrogens is 266 g/mol. The molecule has 2 saturated heterocycles. The standard InChI is InChI=1S/C16H31N3O2/c1-3-7-17-8-4-5-15(6-9-17)19-12-10-18(11-13-19)14(2)16(20)21/h14-15H,3-13H2,1-2H3,(H,20,21). The molecule has 2 aliphatic rings. The van der Waals surface area contributed by atoms with Gasteiger partial charge in [0, 0.05) is 32.2 Å². The average Bonchev–Trinajstić information content (AvgIpc) is 2.73. The van der Waals surface area contributed by atoms with E-state index in [0.29, 0.717) is 6.04 Å². The van der Waals surface area contributed by atoms with Gasteiger partial charge in [-0.1, -0.05) is 6.92 Å². The molecule has 0 aromatic carbocycles. The monoisotopic (exact) mass is 297 g/mol. The van der Waals surface area contributed by atoms with Gasteiger partial charge in [0.25, 0.3) is 0 Å². The molecule has 1 N–H and O–H groups in total. The Morgan fingerprint density at radius 1 is 1.14 bits per heavy atom. The third-order valence-electron chi connectivity index (χ3n) is 5.10. The number of nitrogens with zero attached hydrogens (tertiary/aromatic N) is 3. The van der Waals surface area contributed by atoms with E-state index in [1.165, 1.54) is 45.3 Å². The van der Waals surface area contributed by atoms with Crippen LogP contribution in [-0.2, 0) is 4.79 Å². The van der Waals surface area contributed by atoms with E-state index in [1.807, 2.05) is 0 Å². The van der Waals surface area contributed by atoms with E-state index >= 15 is 0 Å². The Bertz CT molecular complexity index is 329. The summed E-state index contributed by atoms with van der Waals surface area (Å²) < 4.78 is 0. The second kappa shape index (κ2) is 8.11. The van der Waals surface area contributed by atoms with Crippen LogP contribution in [0, 0.1) is 0 Å². The van der Waals surface area contributed by atoms with E-state index in [1.54, 1.807) is 6.92 Å². The fourth-order valence-electron chi connectivity index (χ4n) is 3.69. The minimum Gasteiger partial charge on any atom is -0.480 e. The number of hydrogen-bond acceptors (Lipinski definition) is 4. The topological polar surface area (TPSA) is 47.0 Å². The van der Waals surface area contributed by atoms with Crippen molar-refractivity contribution in [2.45, 2.75) is 51.6 Å². The predicted octanol–water partition coefficient (Wildman–Crippen LogP) is 1.34. The number of carboxylic acids is 1. The highest BCUT2D eigenvalue weighted by Gasteiger charge is 2.29. The molecule has 0 saturated carbocycles. The number of hydrogen-bond donors (Lipinski definition) is 1. The lowest BCUT2D eigenvalue weighted by atomic mass is 10.1. The van der Waals surface area contributed by atoms with Crippen LogP contribution in [0.2, 0.25) is 0 Å². The largest absolute Gasteiger partial charge is 0.480 e. The number of rotatable bonds is 5. The van der Waals surface area contributed by atoms with Gasteiger partial charge in [-0.3, -0.25) is 14.6 Å². The Balaban J connectivity index is 1.78. The number of likely N-dealkylation sites (tertiary alicyclic amines) is 1. The maximum absolute atomic E-state index is 11.1. The first-order valence-electron chi connectivity index (χ1n) is 8.55. The van der Waals surface area contributed by atoms with Crippen molar-refractivity contribution in [3.05, 3.63) is 0 Å². The lowest BCUT2D eigenvalue weighted by molar-refractivity contribution is -0.143. The summed E-state index contributed by atoms with van der Waals surface area (Å²) >= 11 is 0. The molecule has 0 aromatic heterocycles. The van der Waals surface area contributed by atoms with Crippen LogP contribution in [0.15, 0.2) is 0 Å². The van der Waals surface area contributed by atoms with E-state index in [0.717, 1.165) is 26.2 Å². The summed E-state index contributed by atoms with van der Waals surface area (Å²) in [6.45, 7) is 11.6. The molecule has 122 valence electrons. The zero-order chi connectivity index (χ0) is 15.2. The number of carbonyl (C=O) groups is 1. The minimum absolute atomic E-state index is 0.346. The molecule has 0 aromatic rings. The van der Waals surface area contributed by atoms with Crippen molar-refractivity contribution in [2.75, 3.05) is 45.8 Å². The Labute approximate surface area is 128 Å². The van der Waals surface area contributed by atoms with Crippen molar-refractivity contribution in [1.29, 1.82) is 0 Å². The van der Waals surface area contributed by atoms with E-state index in [2.05, 4.69) is 21.6 Å². The van der Waals surface area contributed by atoms with Gasteiger partial charge < -0.3 is 10.0 Å². The molecule has 21 heavy (non-hydrogen) atoms. The summed E-state index contributed by atoms with van der Waals surface area (Å²) in [4.78, 5) is 18.4. The fourth-order valence-corrected chi connectivity index (χ4v) is 3.69. The molecule has 2 atom stereocenters. The highest BCUT2D eigenvalue weighted by atomic mass is 16.4. The molecule has 0 radical (unpaired) electrons. The van der Waals surface area contributed by atoms with E-state index in [-0.39, 0.29) is 6.04 Å². The highest BCUT2D eigenvalue weighted by Crippen LogP contribution is 2.19. The van der Waals surface area contributed by atoms with Crippen LogP contribution in [0.5, 0.6) is 0 Å². The molecule has 0 aliphatic carbocycles. The molecule has 2 unspecified atom stereocenters. The van der Waals surface area contributed by atoms with Crippen molar-refractivity contribution in [3.63, 3.8) is 0 Å². The number of carboxylic acid groups (broad SMARTS) is 1. The van der Waals surface area contributed by atoms with Crippen LogP contribution >= 0.6 is 0 Å². The molecule has 0 spiro atoms. The van der Waals surface area contributed by atoms with Gasteiger partial charge in [-0.05, 0) is 52.2 Å². The number of piperazine rings is 1.